The first-order valence-corrected chi connectivity index (χ1v) is 7.50. The average molecular weight is 330 g/mol. The first-order chi connectivity index (χ1) is 11.5. The molecule has 1 aliphatic carbocycles. The van der Waals surface area contributed by atoms with Gasteiger partial charge in [0.1, 0.15) is 17.4 Å². The van der Waals surface area contributed by atoms with Gasteiger partial charge in [0.2, 0.25) is 0 Å². The van der Waals surface area contributed by atoms with Crippen molar-refractivity contribution in [2.24, 2.45) is 0 Å². The molecule has 0 aliphatic heterocycles. The van der Waals surface area contributed by atoms with E-state index in [1.807, 2.05) is 0 Å². The molecule has 0 saturated carbocycles. The number of ether oxygens (including phenoxy) is 2. The molecule has 0 fully saturated rings. The van der Waals surface area contributed by atoms with Crippen LogP contribution in [0, 0.1) is 11.6 Å². The summed E-state index contributed by atoms with van der Waals surface area (Å²) in [5.74, 6) is -1.77. The second-order valence-electron chi connectivity index (χ2n) is 5.49. The lowest BCUT2D eigenvalue weighted by Gasteiger charge is -2.20. The lowest BCUT2D eigenvalue weighted by molar-refractivity contribution is 0.0600. The fourth-order valence-electron chi connectivity index (χ4n) is 2.93. The highest BCUT2D eigenvalue weighted by Gasteiger charge is 2.22. The molecule has 0 radical (unpaired) electrons. The van der Waals surface area contributed by atoms with Crippen LogP contribution >= 0.6 is 0 Å². The number of rotatable bonds is 3. The van der Waals surface area contributed by atoms with Gasteiger partial charge >= 0.3 is 5.97 Å². The fourth-order valence-corrected chi connectivity index (χ4v) is 2.93. The van der Waals surface area contributed by atoms with Gasteiger partial charge < -0.3 is 9.47 Å². The zero-order valence-corrected chi connectivity index (χ0v) is 13.4. The number of carbonyl (C=O) groups excluding carboxylic acids is 1. The number of methoxy groups -OCH3 is 2. The van der Waals surface area contributed by atoms with Gasteiger partial charge in [-0.05, 0) is 41.7 Å². The first-order valence-electron chi connectivity index (χ1n) is 7.50. The number of hydrogen-bond acceptors (Lipinski definition) is 3. The molecule has 0 amide bonds. The molecule has 3 rings (SSSR count). The van der Waals surface area contributed by atoms with Gasteiger partial charge in [-0.25, -0.2) is 13.6 Å². The average Bonchev–Trinajstić information content (AvgIpc) is 2.60. The van der Waals surface area contributed by atoms with Gasteiger partial charge in [0.25, 0.3) is 0 Å². The molecule has 0 atom stereocenters. The van der Waals surface area contributed by atoms with E-state index in [0.29, 0.717) is 23.1 Å². The van der Waals surface area contributed by atoms with E-state index in [-0.39, 0.29) is 11.3 Å². The molecule has 0 saturated heterocycles. The summed E-state index contributed by atoms with van der Waals surface area (Å²) in [6.07, 6.45) is 3.21. The summed E-state index contributed by atoms with van der Waals surface area (Å²) in [7, 11) is 2.65. The molecule has 0 unspecified atom stereocenters. The third-order valence-electron chi connectivity index (χ3n) is 4.10. The number of esters is 1. The summed E-state index contributed by atoms with van der Waals surface area (Å²) in [5, 5.41) is 0. The molecule has 0 heterocycles. The molecule has 0 bridgehead atoms. The molecule has 3 nitrogen and oxygen atoms in total. The third-order valence-corrected chi connectivity index (χ3v) is 4.10. The van der Waals surface area contributed by atoms with Crippen molar-refractivity contribution in [1.82, 2.24) is 0 Å². The van der Waals surface area contributed by atoms with Gasteiger partial charge in [0.05, 0.1) is 25.3 Å². The Hall–Kier alpha value is -2.69. The minimum atomic E-state index is -0.700. The summed E-state index contributed by atoms with van der Waals surface area (Å²) in [6, 6.07) is 7.38. The molecule has 5 heteroatoms. The van der Waals surface area contributed by atoms with Crippen molar-refractivity contribution in [2.45, 2.75) is 12.8 Å². The summed E-state index contributed by atoms with van der Waals surface area (Å²) < 4.78 is 38.5. The monoisotopic (exact) mass is 330 g/mol. The molecular formula is C19H16F2O3. The first kappa shape index (κ1) is 16.2. The minimum Gasteiger partial charge on any atom is -0.497 e. The van der Waals surface area contributed by atoms with Crippen molar-refractivity contribution in [2.75, 3.05) is 14.2 Å². The zero-order valence-electron chi connectivity index (χ0n) is 13.4. The molecule has 2 aromatic carbocycles. The van der Waals surface area contributed by atoms with Gasteiger partial charge in [-0.1, -0.05) is 12.1 Å². The Bertz CT molecular complexity index is 817. The molecule has 0 N–H and O–H groups in total. The molecule has 0 aromatic heterocycles. The number of halogens is 2. The Morgan fingerprint density at radius 2 is 1.79 bits per heavy atom. The van der Waals surface area contributed by atoms with E-state index in [0.717, 1.165) is 24.1 Å². The molecule has 1 aliphatic rings. The van der Waals surface area contributed by atoms with E-state index in [1.165, 1.54) is 14.2 Å². The van der Waals surface area contributed by atoms with Gasteiger partial charge in [0, 0.05) is 12.1 Å². The van der Waals surface area contributed by atoms with E-state index in [1.54, 1.807) is 24.3 Å². The summed E-state index contributed by atoms with van der Waals surface area (Å²) in [4.78, 5) is 11.8. The standard InChI is InChI=1S/C19H16F2O3/c1-23-13-9-16(20)18(17(21)10-13)14-5-3-4-11-6-7-12(8-15(11)14)19(22)24-2/h5-10H,3-4H2,1-2H3. The quantitative estimate of drug-likeness (QED) is 0.794. The van der Waals surface area contributed by atoms with Gasteiger partial charge in [0.15, 0.2) is 0 Å². The SMILES string of the molecule is COC(=O)c1ccc2c(c1)C(c1c(F)cc(OC)cc1F)=CCC2. The summed E-state index contributed by atoms with van der Waals surface area (Å²) in [6.45, 7) is 0. The van der Waals surface area contributed by atoms with Gasteiger partial charge in [-0.2, -0.15) is 0 Å². The Kier molecular flexibility index (Phi) is 4.34. The molecule has 0 spiro atoms. The van der Waals surface area contributed by atoms with Crippen molar-refractivity contribution in [3.63, 3.8) is 0 Å². The third kappa shape index (κ3) is 2.77. The maximum absolute atomic E-state index is 14.4. The molecule has 124 valence electrons. The number of carbonyl (C=O) groups is 1. The van der Waals surface area contributed by atoms with Crippen LogP contribution in [0.4, 0.5) is 8.78 Å². The lowest BCUT2D eigenvalue weighted by atomic mass is 9.85. The van der Waals surface area contributed by atoms with E-state index in [2.05, 4.69) is 0 Å². The highest BCUT2D eigenvalue weighted by atomic mass is 19.1. The Balaban J connectivity index is 2.15. The van der Waals surface area contributed by atoms with Crippen LogP contribution in [0.3, 0.4) is 0 Å². The van der Waals surface area contributed by atoms with Crippen LogP contribution in [-0.4, -0.2) is 20.2 Å². The van der Waals surface area contributed by atoms with Crippen molar-refractivity contribution in [3.8, 4) is 5.75 Å². The number of aryl methyl sites for hydroxylation is 1. The minimum absolute atomic E-state index is 0.112. The van der Waals surface area contributed by atoms with Crippen LogP contribution < -0.4 is 4.74 Å². The number of hydrogen-bond donors (Lipinski definition) is 0. The Morgan fingerprint density at radius 3 is 2.42 bits per heavy atom. The smallest absolute Gasteiger partial charge is 0.337 e. The number of benzene rings is 2. The Morgan fingerprint density at radius 1 is 1.08 bits per heavy atom. The highest BCUT2D eigenvalue weighted by Crippen LogP contribution is 2.36. The zero-order chi connectivity index (χ0) is 17.3. The van der Waals surface area contributed by atoms with E-state index in [9.17, 15) is 13.6 Å². The van der Waals surface area contributed by atoms with Gasteiger partial charge in [-0.3, -0.25) is 0 Å². The normalized spacial score (nSPS) is 13.1. The fraction of sp³-hybridized carbons (Fsp3) is 0.211. The van der Waals surface area contributed by atoms with Crippen LogP contribution in [0.1, 0.15) is 33.5 Å². The lowest BCUT2D eigenvalue weighted by Crippen LogP contribution is -2.08. The highest BCUT2D eigenvalue weighted by molar-refractivity contribution is 5.92. The van der Waals surface area contributed by atoms with Crippen molar-refractivity contribution < 1.29 is 23.0 Å². The summed E-state index contributed by atoms with van der Waals surface area (Å²) >= 11 is 0. The van der Waals surface area contributed by atoms with Crippen molar-refractivity contribution in [3.05, 3.63) is 70.3 Å². The van der Waals surface area contributed by atoms with Crippen LogP contribution in [0.25, 0.3) is 5.57 Å². The molecular weight excluding hydrogens is 314 g/mol. The van der Waals surface area contributed by atoms with E-state index < -0.39 is 17.6 Å². The number of fused-ring (bicyclic) bond motifs is 1. The topological polar surface area (TPSA) is 35.5 Å². The number of allylic oxidation sites excluding steroid dienone is 1. The predicted molar refractivity (Wildman–Crippen MR) is 86.1 cm³/mol. The molecule has 24 heavy (non-hydrogen) atoms. The maximum Gasteiger partial charge on any atom is 0.337 e. The van der Waals surface area contributed by atoms with Gasteiger partial charge in [-0.15, -0.1) is 0 Å². The van der Waals surface area contributed by atoms with Crippen LogP contribution in [0.15, 0.2) is 36.4 Å². The van der Waals surface area contributed by atoms with E-state index >= 15 is 0 Å². The second kappa shape index (κ2) is 6.43. The summed E-state index contributed by atoms with van der Waals surface area (Å²) in [5.41, 5.74) is 2.26. The van der Waals surface area contributed by atoms with Crippen LogP contribution in [0.5, 0.6) is 5.75 Å². The second-order valence-corrected chi connectivity index (χ2v) is 5.49. The van der Waals surface area contributed by atoms with Crippen molar-refractivity contribution >= 4 is 11.5 Å². The molecule has 2 aromatic rings. The predicted octanol–water partition coefficient (Wildman–Crippen LogP) is 4.14. The van der Waals surface area contributed by atoms with Crippen molar-refractivity contribution in [1.29, 1.82) is 0 Å². The largest absolute Gasteiger partial charge is 0.497 e. The van der Waals surface area contributed by atoms with Crippen LogP contribution in [0.2, 0.25) is 0 Å². The van der Waals surface area contributed by atoms with E-state index in [4.69, 9.17) is 9.47 Å². The van der Waals surface area contributed by atoms with Crippen LogP contribution in [-0.2, 0) is 11.2 Å². The Labute approximate surface area is 138 Å². The maximum atomic E-state index is 14.4.